The van der Waals surface area contributed by atoms with Gasteiger partial charge in [-0.3, -0.25) is 0 Å². The fourth-order valence-corrected chi connectivity index (χ4v) is 23.3. The maximum Gasteiger partial charge on any atom is 0.341 e. The number of hydrogen-bond donors (Lipinski definition) is 0. The molecule has 7 aromatic carbocycles. The van der Waals surface area contributed by atoms with Gasteiger partial charge >= 0.3 is 11.9 Å². The van der Waals surface area contributed by atoms with Gasteiger partial charge in [-0.05, 0) is 141 Å². The third kappa shape index (κ3) is 10.2. The van der Waals surface area contributed by atoms with E-state index in [0.29, 0.717) is 32.0 Å². The maximum atomic E-state index is 19.1. The summed E-state index contributed by atoms with van der Waals surface area (Å²) in [4.78, 5) is 28.2. The molecule has 0 atom stereocenters. The lowest BCUT2D eigenvalue weighted by Gasteiger charge is -2.36. The molecule has 0 fully saturated rings. The zero-order valence-electron chi connectivity index (χ0n) is 52.5. The minimum atomic E-state index is -1.08. The summed E-state index contributed by atoms with van der Waals surface area (Å²) in [5.74, 6) is -4.62. The summed E-state index contributed by atoms with van der Waals surface area (Å²) in [5, 5.41) is 8.00. The molecule has 478 valence electrons. The van der Waals surface area contributed by atoms with E-state index in [1.165, 1.54) is 50.9 Å². The molecule has 8 aromatic heterocycles. The summed E-state index contributed by atoms with van der Waals surface area (Å²) in [6, 6.07) is 53.5. The van der Waals surface area contributed by atoms with Gasteiger partial charge in [-0.15, -0.1) is 90.7 Å². The van der Waals surface area contributed by atoms with Gasteiger partial charge in [0.15, 0.2) is 0 Å². The fourth-order valence-electron chi connectivity index (χ4n) is 13.7. The number of carbonyl (C=O) groups is 2. The second kappa shape index (κ2) is 25.3. The molecule has 0 unspecified atom stereocenters. The zero-order valence-corrected chi connectivity index (χ0v) is 60.6. The second-order valence-corrected chi connectivity index (χ2v) is 32.7. The van der Waals surface area contributed by atoms with Crippen LogP contribution in [0.3, 0.4) is 0 Å². The van der Waals surface area contributed by atoms with E-state index in [0.717, 1.165) is 107 Å². The first-order chi connectivity index (χ1) is 46.5. The molecule has 0 saturated heterocycles. The topological polar surface area (TPSA) is 52.6 Å². The van der Waals surface area contributed by atoms with E-state index in [1.54, 1.807) is 71.3 Å². The average molecular weight is 1480 g/mol. The van der Waals surface area contributed by atoms with Gasteiger partial charge in [0.25, 0.3) is 0 Å². The predicted molar refractivity (Wildman–Crippen MR) is 401 cm³/mol. The highest BCUT2D eigenvalue weighted by atomic mass is 79.9. The molecule has 0 aliphatic heterocycles. The van der Waals surface area contributed by atoms with Crippen LogP contribution in [0.15, 0.2) is 184 Å². The quantitative estimate of drug-likeness (QED) is 0.101. The van der Waals surface area contributed by atoms with Crippen LogP contribution in [0.2, 0.25) is 0 Å². The van der Waals surface area contributed by atoms with Crippen molar-refractivity contribution in [2.75, 3.05) is 13.2 Å². The number of fused-ring (bicyclic) bond motifs is 12. The van der Waals surface area contributed by atoms with Crippen molar-refractivity contribution in [3.8, 4) is 41.8 Å². The van der Waals surface area contributed by atoms with Crippen LogP contribution in [-0.2, 0) is 20.3 Å². The number of aryl methyl sites for hydroxylation is 5. The Bertz CT molecular complexity index is 5050. The number of ether oxygens (including phenoxy) is 2. The van der Waals surface area contributed by atoms with Gasteiger partial charge in [0, 0.05) is 96.7 Å². The monoisotopic (exact) mass is 1480 g/mol. The van der Waals surface area contributed by atoms with Crippen molar-refractivity contribution in [2.45, 2.75) is 59.3 Å². The van der Waals surface area contributed by atoms with E-state index in [9.17, 15) is 9.59 Å². The Morgan fingerprint density at radius 1 is 0.375 bits per heavy atom. The molecule has 0 bridgehead atoms. The third-order valence-electron chi connectivity index (χ3n) is 18.0. The van der Waals surface area contributed by atoms with E-state index in [-0.39, 0.29) is 36.0 Å². The molecule has 2 aliphatic carbocycles. The molecule has 0 N–H and O–H groups in total. The largest absolute Gasteiger partial charge is 0.462 e. The summed E-state index contributed by atoms with van der Waals surface area (Å²) >= 11 is 15.2. The standard InChI is InChI=1S/C48H32F2S4.C24H16F2O4S4.C7H7Br/c1-25-5-13-29(14-6-25)47(30-15-7-26(2)8-16-30)37-35(45-39(47)43-33(53-45)21-23-51-43)42(50)38-36(41(37)49)46-40(44-34(54-46)22-24-52-44)48(38,31-17-9-27(3)10-18-31)32-19-11-28(4)12-20-32;1-3-29-23(27)19-17(15-9-13-11(33-15)5-7-31-13)22(26)20(24(28)30-4-2)18(21(19)25)16-10-14-12(34-16)6-8-32-14;1-6-2-4-7(8)5-3-6/h5-24H,1-4H3;5-10H,3-4H2,1-2H3;2-5H,1H3. The Kier molecular flexibility index (Phi) is 17.0. The molecule has 8 heterocycles. The highest BCUT2D eigenvalue weighted by Crippen LogP contribution is 2.69. The van der Waals surface area contributed by atoms with E-state index in [4.69, 9.17) is 9.47 Å². The molecule has 4 nitrogen and oxygen atoms in total. The van der Waals surface area contributed by atoms with Crippen molar-refractivity contribution in [2.24, 2.45) is 0 Å². The summed E-state index contributed by atoms with van der Waals surface area (Å²) < 4.78 is 90.0. The number of benzene rings is 7. The first-order valence-corrected chi connectivity index (χ1v) is 38.5. The molecular formula is C79H55BrF4O4S8. The Morgan fingerprint density at radius 3 is 1.00 bits per heavy atom. The van der Waals surface area contributed by atoms with E-state index >= 15 is 17.6 Å². The lowest BCUT2D eigenvalue weighted by molar-refractivity contribution is 0.0504. The van der Waals surface area contributed by atoms with E-state index < -0.39 is 45.5 Å². The number of carbonyl (C=O) groups excluding carboxylic acids is 2. The Morgan fingerprint density at radius 2 is 0.688 bits per heavy atom. The molecule has 17 rings (SSSR count). The molecule has 2 aliphatic rings. The summed E-state index contributed by atoms with van der Waals surface area (Å²) in [6.45, 7) is 13.5. The molecule has 0 radical (unpaired) electrons. The van der Waals surface area contributed by atoms with Crippen molar-refractivity contribution in [1.29, 1.82) is 0 Å². The van der Waals surface area contributed by atoms with Crippen molar-refractivity contribution in [3.05, 3.63) is 290 Å². The van der Waals surface area contributed by atoms with Gasteiger partial charge in [-0.2, -0.15) is 0 Å². The molecule has 0 spiro atoms. The third-order valence-corrected chi connectivity index (χ3v) is 27.2. The van der Waals surface area contributed by atoms with Crippen molar-refractivity contribution in [1.82, 2.24) is 0 Å². The second-order valence-electron chi connectivity index (χ2n) is 23.8. The molecule has 96 heavy (non-hydrogen) atoms. The van der Waals surface area contributed by atoms with Crippen LogP contribution in [0.1, 0.15) is 107 Å². The summed E-state index contributed by atoms with van der Waals surface area (Å²) in [7, 11) is 0. The van der Waals surface area contributed by atoms with E-state index in [1.807, 2.05) is 35.0 Å². The Balaban J connectivity index is 0.000000153. The van der Waals surface area contributed by atoms with Gasteiger partial charge < -0.3 is 9.47 Å². The molecular weight excluding hydrogens is 1430 g/mol. The molecule has 17 heteroatoms. The van der Waals surface area contributed by atoms with Gasteiger partial charge in [0.2, 0.25) is 0 Å². The predicted octanol–water partition coefficient (Wildman–Crippen LogP) is 25.4. The highest BCUT2D eigenvalue weighted by Gasteiger charge is 2.58. The van der Waals surface area contributed by atoms with E-state index in [2.05, 4.69) is 183 Å². The number of hydrogen-bond acceptors (Lipinski definition) is 12. The van der Waals surface area contributed by atoms with Crippen LogP contribution in [0.5, 0.6) is 0 Å². The van der Waals surface area contributed by atoms with Crippen LogP contribution < -0.4 is 0 Å². The van der Waals surface area contributed by atoms with Gasteiger partial charge in [0.05, 0.1) is 33.4 Å². The summed E-state index contributed by atoms with van der Waals surface area (Å²) in [5.41, 5.74) is 9.40. The SMILES string of the molecule is CCOC(=O)c1c(F)c(-c2cc3sccc3s2)c(C(=O)OCC)c(F)c1-c1cc2sccc2s1.Cc1ccc(Br)cc1.Cc1ccc(C2(c3ccc(C)cc3)c3c(F)c4c(c(F)c3-c3sc5ccsc5c32)C(c2ccc(C)cc2)(c2ccc(C)cc2)c2c-4sc3ccsc23)cc1. The number of thiophene rings is 8. The maximum absolute atomic E-state index is 19.1. The zero-order chi connectivity index (χ0) is 66.6. The smallest absolute Gasteiger partial charge is 0.341 e. The molecule has 0 amide bonds. The minimum absolute atomic E-state index is 0.0114. The lowest BCUT2D eigenvalue weighted by Crippen LogP contribution is -2.32. The lowest BCUT2D eigenvalue weighted by atomic mass is 9.65. The first kappa shape index (κ1) is 64.3. The Labute approximate surface area is 592 Å². The molecule has 15 aromatic rings. The Hall–Kier alpha value is -7.68. The number of halogens is 5. The van der Waals surface area contributed by atoms with Gasteiger partial charge in [-0.1, -0.05) is 153 Å². The molecule has 0 saturated carbocycles. The highest BCUT2D eigenvalue weighted by molar-refractivity contribution is 9.10. The first-order valence-electron chi connectivity index (χ1n) is 30.9. The van der Waals surface area contributed by atoms with Gasteiger partial charge in [0.1, 0.15) is 34.4 Å². The van der Waals surface area contributed by atoms with Crippen molar-refractivity contribution < 1.29 is 36.6 Å². The average Bonchev–Trinajstić information content (AvgIpc) is 1.48. The summed E-state index contributed by atoms with van der Waals surface area (Å²) in [6.07, 6.45) is 0. The van der Waals surface area contributed by atoms with Crippen molar-refractivity contribution in [3.63, 3.8) is 0 Å². The normalized spacial score (nSPS) is 13.1. The van der Waals surface area contributed by atoms with Crippen LogP contribution >= 0.6 is 107 Å². The van der Waals surface area contributed by atoms with Crippen molar-refractivity contribution >= 4 is 156 Å². The fraction of sp³-hybridized carbons (Fsp3) is 0.139. The van der Waals surface area contributed by atoms with Crippen LogP contribution in [0.25, 0.3) is 79.4 Å². The minimum Gasteiger partial charge on any atom is -0.462 e. The number of rotatable bonds is 10. The van der Waals surface area contributed by atoms with Crippen LogP contribution in [0, 0.1) is 57.9 Å². The van der Waals surface area contributed by atoms with Gasteiger partial charge in [-0.25, -0.2) is 27.2 Å². The van der Waals surface area contributed by atoms with Crippen LogP contribution in [-0.4, -0.2) is 25.2 Å². The van der Waals surface area contributed by atoms with Crippen LogP contribution in [0.4, 0.5) is 17.6 Å². The number of esters is 2.